The normalized spacial score (nSPS) is 25.4. The van der Waals surface area contributed by atoms with Crippen LogP contribution in [0, 0.1) is 16.0 Å². The molecular formula is C17H22N4O2. The van der Waals surface area contributed by atoms with Crippen LogP contribution < -0.4 is 0 Å². The van der Waals surface area contributed by atoms with Crippen LogP contribution in [0.15, 0.2) is 24.4 Å². The van der Waals surface area contributed by atoms with Crippen LogP contribution in [0.3, 0.4) is 0 Å². The number of rotatable bonds is 3. The van der Waals surface area contributed by atoms with Gasteiger partial charge in [0.1, 0.15) is 0 Å². The van der Waals surface area contributed by atoms with Gasteiger partial charge in [-0.15, -0.1) is 0 Å². The Labute approximate surface area is 135 Å². The summed E-state index contributed by atoms with van der Waals surface area (Å²) in [6.45, 7) is 1.93. The third-order valence-corrected chi connectivity index (χ3v) is 5.51. The number of hydrogen-bond donors (Lipinski definition) is 0. The number of non-ortho nitro benzene ring substituents is 1. The van der Waals surface area contributed by atoms with Crippen LogP contribution in [0.4, 0.5) is 5.69 Å². The number of nitrogens with zero attached hydrogens (tertiary/aromatic N) is 4. The molecule has 0 amide bonds. The van der Waals surface area contributed by atoms with Gasteiger partial charge in [-0.05, 0) is 37.7 Å². The number of piperidine rings is 1. The van der Waals surface area contributed by atoms with E-state index in [9.17, 15) is 10.1 Å². The van der Waals surface area contributed by atoms with E-state index in [0.717, 1.165) is 30.0 Å². The lowest BCUT2D eigenvalue weighted by molar-refractivity contribution is -0.384. The van der Waals surface area contributed by atoms with Gasteiger partial charge in [0.2, 0.25) is 0 Å². The predicted octanol–water partition coefficient (Wildman–Crippen LogP) is 3.56. The fraction of sp³-hybridized carbons (Fsp3) is 0.588. The van der Waals surface area contributed by atoms with E-state index in [1.165, 1.54) is 38.5 Å². The van der Waals surface area contributed by atoms with Gasteiger partial charge in [-0.2, -0.15) is 5.10 Å². The summed E-state index contributed by atoms with van der Waals surface area (Å²) in [5.74, 6) is 0.848. The molecule has 0 unspecified atom stereocenters. The lowest BCUT2D eigenvalue weighted by Crippen LogP contribution is -2.47. The first-order valence-electron chi connectivity index (χ1n) is 8.56. The van der Waals surface area contributed by atoms with Gasteiger partial charge in [-0.3, -0.25) is 19.7 Å². The molecule has 2 fully saturated rings. The first kappa shape index (κ1) is 14.6. The van der Waals surface area contributed by atoms with Crippen LogP contribution >= 0.6 is 0 Å². The zero-order valence-corrected chi connectivity index (χ0v) is 13.2. The largest absolute Gasteiger partial charge is 0.281 e. The van der Waals surface area contributed by atoms with Crippen molar-refractivity contribution in [1.29, 1.82) is 0 Å². The SMILES string of the molecule is O=[N+]([O-])c1ccc2c(cnn2CN2CCC[C@@H]3CCCC[C@@H]32)c1. The second-order valence-corrected chi connectivity index (χ2v) is 6.85. The Hall–Kier alpha value is -1.95. The van der Waals surface area contributed by atoms with Gasteiger partial charge in [-0.25, -0.2) is 0 Å². The zero-order chi connectivity index (χ0) is 15.8. The van der Waals surface area contributed by atoms with Gasteiger partial charge in [0, 0.05) is 30.1 Å². The number of nitro groups is 1. The topological polar surface area (TPSA) is 64.2 Å². The Morgan fingerprint density at radius 2 is 2.04 bits per heavy atom. The number of fused-ring (bicyclic) bond motifs is 2. The quantitative estimate of drug-likeness (QED) is 0.642. The Morgan fingerprint density at radius 1 is 1.22 bits per heavy atom. The first-order valence-corrected chi connectivity index (χ1v) is 8.56. The highest BCUT2D eigenvalue weighted by Gasteiger charge is 2.33. The first-order chi connectivity index (χ1) is 11.2. The highest BCUT2D eigenvalue weighted by molar-refractivity contribution is 5.81. The maximum absolute atomic E-state index is 10.9. The highest BCUT2D eigenvalue weighted by Crippen LogP contribution is 2.35. The second-order valence-electron chi connectivity index (χ2n) is 6.85. The fourth-order valence-corrected chi connectivity index (χ4v) is 4.38. The molecule has 2 aliphatic rings. The van der Waals surface area contributed by atoms with Gasteiger partial charge in [0.15, 0.2) is 0 Å². The van der Waals surface area contributed by atoms with E-state index < -0.39 is 0 Å². The van der Waals surface area contributed by atoms with Crippen LogP contribution in [-0.4, -0.2) is 32.2 Å². The molecule has 122 valence electrons. The van der Waals surface area contributed by atoms with Crippen LogP contribution in [0.2, 0.25) is 0 Å². The van der Waals surface area contributed by atoms with Gasteiger partial charge in [-0.1, -0.05) is 12.8 Å². The van der Waals surface area contributed by atoms with E-state index in [4.69, 9.17) is 0 Å². The molecule has 1 aliphatic heterocycles. The summed E-state index contributed by atoms with van der Waals surface area (Å²) in [5, 5.41) is 16.2. The Morgan fingerprint density at radius 3 is 2.91 bits per heavy atom. The van der Waals surface area contributed by atoms with Gasteiger partial charge < -0.3 is 0 Å². The van der Waals surface area contributed by atoms with Crippen LogP contribution in [0.25, 0.3) is 10.9 Å². The van der Waals surface area contributed by atoms with Crippen molar-refractivity contribution in [2.24, 2.45) is 5.92 Å². The molecule has 2 atom stereocenters. The zero-order valence-electron chi connectivity index (χ0n) is 13.2. The van der Waals surface area contributed by atoms with Crippen molar-refractivity contribution < 1.29 is 4.92 Å². The molecule has 1 aromatic carbocycles. The average molecular weight is 314 g/mol. The van der Waals surface area contributed by atoms with Crippen molar-refractivity contribution >= 4 is 16.6 Å². The molecule has 2 heterocycles. The third-order valence-electron chi connectivity index (χ3n) is 5.51. The van der Waals surface area contributed by atoms with E-state index in [0.29, 0.717) is 6.04 Å². The van der Waals surface area contributed by atoms with Gasteiger partial charge in [0.25, 0.3) is 5.69 Å². The molecule has 1 aromatic heterocycles. The highest BCUT2D eigenvalue weighted by atomic mass is 16.6. The van der Waals surface area contributed by atoms with E-state index in [1.54, 1.807) is 18.3 Å². The Bertz CT molecular complexity index is 724. The summed E-state index contributed by atoms with van der Waals surface area (Å²) in [4.78, 5) is 13.1. The van der Waals surface area contributed by atoms with Crippen molar-refractivity contribution in [3.05, 3.63) is 34.5 Å². The van der Waals surface area contributed by atoms with Crippen LogP contribution in [0.1, 0.15) is 38.5 Å². The van der Waals surface area contributed by atoms with Gasteiger partial charge in [0.05, 0.1) is 23.3 Å². The summed E-state index contributed by atoms with van der Waals surface area (Å²) < 4.78 is 2.00. The third kappa shape index (κ3) is 2.72. The molecular weight excluding hydrogens is 292 g/mol. The van der Waals surface area contributed by atoms with Crippen molar-refractivity contribution in [2.75, 3.05) is 6.54 Å². The molecule has 1 saturated heterocycles. The molecule has 0 bridgehead atoms. The summed E-state index contributed by atoms with van der Waals surface area (Å²) in [7, 11) is 0. The maximum Gasteiger partial charge on any atom is 0.270 e. The standard InChI is InChI=1S/C17H22N4O2/c22-21(23)15-7-8-17-14(10-15)11-18-20(17)12-19-9-3-5-13-4-1-2-6-16(13)19/h7-8,10-11,13,16H,1-6,9,12H2/t13-,16-/m0/s1. The van der Waals surface area contributed by atoms with Crippen LogP contribution in [-0.2, 0) is 6.67 Å². The molecule has 4 rings (SSSR count). The molecule has 6 nitrogen and oxygen atoms in total. The van der Waals surface area contributed by atoms with Crippen LogP contribution in [0.5, 0.6) is 0 Å². The Kier molecular flexibility index (Phi) is 3.77. The maximum atomic E-state index is 10.9. The molecule has 2 aromatic rings. The molecule has 0 spiro atoms. The molecule has 0 N–H and O–H groups in total. The fourth-order valence-electron chi connectivity index (χ4n) is 4.38. The van der Waals surface area contributed by atoms with Crippen molar-refractivity contribution in [1.82, 2.24) is 14.7 Å². The summed E-state index contributed by atoms with van der Waals surface area (Å²) >= 11 is 0. The monoisotopic (exact) mass is 314 g/mol. The Balaban J connectivity index is 1.58. The minimum absolute atomic E-state index is 0.127. The second kappa shape index (κ2) is 5.92. The number of aromatic nitrogens is 2. The number of hydrogen-bond acceptors (Lipinski definition) is 4. The van der Waals surface area contributed by atoms with E-state index in [-0.39, 0.29) is 10.6 Å². The summed E-state index contributed by atoms with van der Waals surface area (Å²) in [6, 6.07) is 5.69. The molecule has 6 heteroatoms. The van der Waals surface area contributed by atoms with Crippen molar-refractivity contribution in [3.63, 3.8) is 0 Å². The predicted molar refractivity (Wildman–Crippen MR) is 88.1 cm³/mol. The lowest BCUT2D eigenvalue weighted by Gasteiger charge is -2.44. The number of likely N-dealkylation sites (tertiary alicyclic amines) is 1. The summed E-state index contributed by atoms with van der Waals surface area (Å²) in [5.41, 5.74) is 1.11. The number of benzene rings is 1. The minimum atomic E-state index is -0.353. The smallest absolute Gasteiger partial charge is 0.270 e. The number of nitro benzene ring substituents is 1. The van der Waals surface area contributed by atoms with E-state index in [2.05, 4.69) is 10.00 Å². The minimum Gasteiger partial charge on any atom is -0.281 e. The van der Waals surface area contributed by atoms with Crippen molar-refractivity contribution in [2.45, 2.75) is 51.2 Å². The van der Waals surface area contributed by atoms with E-state index in [1.807, 2.05) is 10.7 Å². The lowest BCUT2D eigenvalue weighted by atomic mass is 9.78. The van der Waals surface area contributed by atoms with Gasteiger partial charge >= 0.3 is 0 Å². The average Bonchev–Trinajstić information content (AvgIpc) is 2.97. The molecule has 1 aliphatic carbocycles. The van der Waals surface area contributed by atoms with E-state index >= 15 is 0 Å². The van der Waals surface area contributed by atoms with Crippen molar-refractivity contribution in [3.8, 4) is 0 Å². The molecule has 23 heavy (non-hydrogen) atoms. The summed E-state index contributed by atoms with van der Waals surface area (Å²) in [6.07, 6.45) is 9.76. The molecule has 1 saturated carbocycles. The molecule has 0 radical (unpaired) electrons.